The van der Waals surface area contributed by atoms with E-state index in [9.17, 15) is 9.59 Å². The Morgan fingerprint density at radius 2 is 1.57 bits per heavy atom. The fourth-order valence-corrected chi connectivity index (χ4v) is 4.41. The molecule has 1 N–H and O–H groups in total. The van der Waals surface area contributed by atoms with Crippen molar-refractivity contribution in [3.63, 3.8) is 0 Å². The Labute approximate surface area is 229 Å². The second-order valence-corrected chi connectivity index (χ2v) is 11.0. The normalized spacial score (nSPS) is 12.1. The molecular formula is C30H34Cl2N2O3. The Balaban J connectivity index is 1.98. The SMILES string of the molecule is Cc1ccc(OCC(=O)N(Cc2c(Cl)cccc2Cl)C(Cc2ccccc2)C(=O)NC(C)(C)C)cc1C. The molecule has 3 rings (SSSR count). The Kier molecular flexibility index (Phi) is 9.63. The van der Waals surface area contributed by atoms with Gasteiger partial charge in [0.1, 0.15) is 11.8 Å². The van der Waals surface area contributed by atoms with Gasteiger partial charge in [-0.15, -0.1) is 0 Å². The summed E-state index contributed by atoms with van der Waals surface area (Å²) < 4.78 is 5.87. The molecule has 0 aliphatic heterocycles. The molecule has 0 saturated heterocycles. The van der Waals surface area contributed by atoms with Gasteiger partial charge in [0.2, 0.25) is 5.91 Å². The molecule has 0 bridgehead atoms. The minimum absolute atomic E-state index is 0.0582. The van der Waals surface area contributed by atoms with Gasteiger partial charge >= 0.3 is 0 Å². The van der Waals surface area contributed by atoms with Gasteiger partial charge in [-0.3, -0.25) is 9.59 Å². The van der Waals surface area contributed by atoms with Crippen molar-refractivity contribution in [1.82, 2.24) is 10.2 Å². The summed E-state index contributed by atoms with van der Waals surface area (Å²) in [6.45, 7) is 9.55. The lowest BCUT2D eigenvalue weighted by atomic mass is 10.0. The van der Waals surface area contributed by atoms with Crippen molar-refractivity contribution in [2.45, 2.75) is 59.2 Å². The first-order valence-corrected chi connectivity index (χ1v) is 13.0. The van der Waals surface area contributed by atoms with Crippen molar-refractivity contribution in [1.29, 1.82) is 0 Å². The lowest BCUT2D eigenvalue weighted by molar-refractivity contribution is -0.143. The average Bonchev–Trinajstić information content (AvgIpc) is 2.83. The topological polar surface area (TPSA) is 58.6 Å². The van der Waals surface area contributed by atoms with Gasteiger partial charge in [0, 0.05) is 34.1 Å². The van der Waals surface area contributed by atoms with Gasteiger partial charge in [0.15, 0.2) is 6.61 Å². The van der Waals surface area contributed by atoms with E-state index in [4.69, 9.17) is 27.9 Å². The first-order valence-electron chi connectivity index (χ1n) is 12.2. The van der Waals surface area contributed by atoms with Crippen molar-refractivity contribution < 1.29 is 14.3 Å². The number of ether oxygens (including phenoxy) is 1. The van der Waals surface area contributed by atoms with Crippen molar-refractivity contribution in [3.05, 3.63) is 99.0 Å². The number of benzene rings is 3. The number of nitrogens with one attached hydrogen (secondary N) is 1. The standard InChI is InChI=1S/C30H34Cl2N2O3/c1-20-14-15-23(16-21(20)2)37-19-28(35)34(18-24-25(31)12-9-13-26(24)32)27(29(36)33-30(3,4)5)17-22-10-7-6-8-11-22/h6-16,27H,17-19H2,1-5H3,(H,33,36). The molecule has 2 amide bonds. The highest BCUT2D eigenvalue weighted by Crippen LogP contribution is 2.27. The largest absolute Gasteiger partial charge is 0.484 e. The number of carbonyl (C=O) groups is 2. The van der Waals surface area contributed by atoms with Gasteiger partial charge in [-0.1, -0.05) is 65.7 Å². The van der Waals surface area contributed by atoms with Crippen LogP contribution >= 0.6 is 23.2 Å². The summed E-state index contributed by atoms with van der Waals surface area (Å²) in [5.74, 6) is -0.0239. The maximum atomic E-state index is 13.7. The molecular weight excluding hydrogens is 507 g/mol. The summed E-state index contributed by atoms with van der Waals surface area (Å²) in [5.41, 5.74) is 3.21. The number of amides is 2. The predicted octanol–water partition coefficient (Wildman–Crippen LogP) is 6.54. The van der Waals surface area contributed by atoms with Crippen LogP contribution in [-0.2, 0) is 22.6 Å². The summed E-state index contributed by atoms with van der Waals surface area (Å²) in [7, 11) is 0. The van der Waals surface area contributed by atoms with Crippen LogP contribution in [0.2, 0.25) is 10.0 Å². The Bertz CT molecular complexity index is 1220. The highest BCUT2D eigenvalue weighted by Gasteiger charge is 2.33. The van der Waals surface area contributed by atoms with Crippen LogP contribution in [0.5, 0.6) is 5.75 Å². The predicted molar refractivity (Wildman–Crippen MR) is 150 cm³/mol. The van der Waals surface area contributed by atoms with Crippen LogP contribution in [0.15, 0.2) is 66.7 Å². The number of nitrogens with zero attached hydrogens (tertiary/aromatic N) is 1. The minimum atomic E-state index is -0.815. The minimum Gasteiger partial charge on any atom is -0.484 e. The van der Waals surface area contributed by atoms with Gasteiger partial charge in [-0.05, 0) is 75.6 Å². The van der Waals surface area contributed by atoms with Crippen LogP contribution < -0.4 is 10.1 Å². The number of aryl methyl sites for hydroxylation is 2. The van der Waals surface area contributed by atoms with E-state index in [1.165, 1.54) is 4.90 Å². The summed E-state index contributed by atoms with van der Waals surface area (Å²) in [6, 6.07) is 19.7. The quantitative estimate of drug-likeness (QED) is 0.335. The zero-order chi connectivity index (χ0) is 27.2. The zero-order valence-electron chi connectivity index (χ0n) is 22.0. The molecule has 0 aromatic heterocycles. The van der Waals surface area contributed by atoms with Crippen LogP contribution in [0, 0.1) is 13.8 Å². The summed E-state index contributed by atoms with van der Waals surface area (Å²) >= 11 is 13.0. The van der Waals surface area contributed by atoms with E-state index in [-0.39, 0.29) is 25.0 Å². The fraction of sp³-hybridized carbons (Fsp3) is 0.333. The molecule has 0 fully saturated rings. The number of hydrogen-bond donors (Lipinski definition) is 1. The Morgan fingerprint density at radius 1 is 0.919 bits per heavy atom. The second kappa shape index (κ2) is 12.5. The van der Waals surface area contributed by atoms with Crippen LogP contribution in [0.3, 0.4) is 0 Å². The summed E-state index contributed by atoms with van der Waals surface area (Å²) in [4.78, 5) is 28.9. The van der Waals surface area contributed by atoms with Crippen molar-refractivity contribution >= 4 is 35.0 Å². The first kappa shape index (κ1) is 28.5. The fourth-order valence-electron chi connectivity index (χ4n) is 3.89. The lowest BCUT2D eigenvalue weighted by Gasteiger charge is -2.34. The van der Waals surface area contributed by atoms with Gasteiger partial charge in [0.25, 0.3) is 5.91 Å². The molecule has 0 saturated carbocycles. The second-order valence-electron chi connectivity index (χ2n) is 10.2. The molecule has 0 radical (unpaired) electrons. The third-order valence-corrected chi connectivity index (χ3v) is 6.71. The molecule has 5 nitrogen and oxygen atoms in total. The molecule has 0 aliphatic carbocycles. The molecule has 1 unspecified atom stereocenters. The smallest absolute Gasteiger partial charge is 0.261 e. The van der Waals surface area contributed by atoms with Crippen molar-refractivity contribution in [3.8, 4) is 5.75 Å². The molecule has 37 heavy (non-hydrogen) atoms. The molecule has 196 valence electrons. The number of halogens is 2. The van der Waals surface area contributed by atoms with E-state index in [1.807, 2.05) is 83.1 Å². The molecule has 0 spiro atoms. The lowest BCUT2D eigenvalue weighted by Crippen LogP contribution is -2.55. The highest BCUT2D eigenvalue weighted by atomic mass is 35.5. The van der Waals surface area contributed by atoms with Crippen molar-refractivity contribution in [2.75, 3.05) is 6.61 Å². The monoisotopic (exact) mass is 540 g/mol. The first-order chi connectivity index (χ1) is 17.4. The van der Waals surface area contributed by atoms with Gasteiger partial charge in [-0.25, -0.2) is 0 Å². The van der Waals surface area contributed by atoms with Gasteiger partial charge in [0.05, 0.1) is 0 Å². The number of hydrogen-bond acceptors (Lipinski definition) is 3. The van der Waals surface area contributed by atoms with Crippen LogP contribution in [0.25, 0.3) is 0 Å². The molecule has 1 atom stereocenters. The average molecular weight is 542 g/mol. The third kappa shape index (κ3) is 8.24. The molecule has 3 aromatic rings. The number of rotatable bonds is 9. The van der Waals surface area contributed by atoms with E-state index >= 15 is 0 Å². The van der Waals surface area contributed by atoms with E-state index in [1.54, 1.807) is 18.2 Å². The molecule has 3 aromatic carbocycles. The van der Waals surface area contributed by atoms with E-state index in [0.717, 1.165) is 16.7 Å². The molecule has 0 heterocycles. The Hall–Kier alpha value is -3.02. The zero-order valence-corrected chi connectivity index (χ0v) is 23.5. The van der Waals surface area contributed by atoms with Crippen molar-refractivity contribution in [2.24, 2.45) is 0 Å². The highest BCUT2D eigenvalue weighted by molar-refractivity contribution is 6.36. The third-order valence-electron chi connectivity index (χ3n) is 6.00. The summed E-state index contributed by atoms with van der Waals surface area (Å²) in [5, 5.41) is 3.89. The molecule has 0 aliphatic rings. The van der Waals surface area contributed by atoms with Crippen LogP contribution in [0.1, 0.15) is 43.0 Å². The van der Waals surface area contributed by atoms with E-state index in [0.29, 0.717) is 27.8 Å². The molecule has 7 heteroatoms. The van der Waals surface area contributed by atoms with E-state index in [2.05, 4.69) is 5.32 Å². The van der Waals surface area contributed by atoms with Crippen LogP contribution in [0.4, 0.5) is 0 Å². The maximum absolute atomic E-state index is 13.7. The maximum Gasteiger partial charge on any atom is 0.261 e. The van der Waals surface area contributed by atoms with E-state index < -0.39 is 11.6 Å². The Morgan fingerprint density at radius 3 is 2.16 bits per heavy atom. The number of carbonyl (C=O) groups excluding carboxylic acids is 2. The van der Waals surface area contributed by atoms with Gasteiger partial charge in [-0.2, -0.15) is 0 Å². The van der Waals surface area contributed by atoms with Crippen LogP contribution in [-0.4, -0.2) is 34.9 Å². The van der Waals surface area contributed by atoms with Gasteiger partial charge < -0.3 is 15.0 Å². The summed E-state index contributed by atoms with van der Waals surface area (Å²) in [6.07, 6.45) is 0.320.